The molecule has 7 heteroatoms. The molecular formula is C32H48N6O. The number of hydrogen-bond acceptors (Lipinski definition) is 4. The minimum Gasteiger partial charge on any atom is -0.382 e. The molecule has 2 heterocycles. The summed E-state index contributed by atoms with van der Waals surface area (Å²) in [6, 6.07) is 1.83. The molecule has 7 nitrogen and oxygen atoms in total. The summed E-state index contributed by atoms with van der Waals surface area (Å²) in [6.45, 7) is 14.7. The first-order valence-corrected chi connectivity index (χ1v) is 15.3. The number of fused-ring (bicyclic) bond motifs is 8. The van der Waals surface area contributed by atoms with Gasteiger partial charge < -0.3 is 16.6 Å². The van der Waals surface area contributed by atoms with E-state index in [1.807, 2.05) is 6.07 Å². The van der Waals surface area contributed by atoms with E-state index in [1.54, 1.807) is 0 Å². The van der Waals surface area contributed by atoms with Crippen molar-refractivity contribution in [3.05, 3.63) is 45.0 Å². The zero-order chi connectivity index (χ0) is 27.8. The Morgan fingerprint density at radius 2 is 1.72 bits per heavy atom. The van der Waals surface area contributed by atoms with Crippen LogP contribution in [0.25, 0.3) is 0 Å². The van der Waals surface area contributed by atoms with Gasteiger partial charge in [0.15, 0.2) is 0 Å². The number of anilines is 1. The number of nitrogens with two attached hydrogens (primary N) is 2. The number of allylic oxidation sites excluding steroid dienone is 1. The molecule has 7 rings (SSSR count). The third kappa shape index (κ3) is 3.03. The molecule has 0 radical (unpaired) electrons. The number of aromatic nitrogens is 4. The first-order valence-electron chi connectivity index (χ1n) is 15.3. The van der Waals surface area contributed by atoms with Crippen LogP contribution in [-0.2, 0) is 17.3 Å². The fourth-order valence-electron chi connectivity index (χ4n) is 11.5. The van der Waals surface area contributed by atoms with E-state index in [-0.39, 0.29) is 38.2 Å². The van der Waals surface area contributed by atoms with Crippen LogP contribution in [0.5, 0.6) is 0 Å². The van der Waals surface area contributed by atoms with E-state index in [9.17, 15) is 4.79 Å². The number of aromatic amines is 3. The highest BCUT2D eigenvalue weighted by Gasteiger charge is 2.69. The SMILES string of the molecule is CC1(C)CC[C@]2(c3cc(=O)[nH][nH]3)CC[C@]3(N)C(=CCC4[C@@]5(C)Cc6c(N)n[nH]c6C(C)(C)C5CC[C@]43C)C2C1. The van der Waals surface area contributed by atoms with Gasteiger partial charge in [0, 0.05) is 39.4 Å². The number of nitrogens with zero attached hydrogens (tertiary/aromatic N) is 1. The highest BCUT2D eigenvalue weighted by atomic mass is 16.1. The Morgan fingerprint density at radius 3 is 2.44 bits per heavy atom. The van der Waals surface area contributed by atoms with Gasteiger partial charge in [0.2, 0.25) is 0 Å². The Labute approximate surface area is 232 Å². The van der Waals surface area contributed by atoms with Crippen molar-refractivity contribution in [2.75, 3.05) is 5.73 Å². The standard InChI is InChI=1S/C32H48N6O/c1-27(2)11-12-31(23-15-24(39)36-35-23)13-14-32(34)19(20(31)17-27)7-8-22-29(5)16-18-25(37-38-26(18)33)28(3,4)21(29)9-10-30(22,32)6/h7,15,20-22H,8-14,16-17,34H2,1-6H3,(H3,33,37,38)(H2,35,36,39)/t20?,21?,22?,29-,30+,31-,32-/m0/s1. The molecular weight excluding hydrogens is 484 g/mol. The first-order chi connectivity index (χ1) is 18.2. The molecule has 0 spiro atoms. The highest BCUT2D eigenvalue weighted by molar-refractivity contribution is 5.50. The molecule has 5 aliphatic carbocycles. The normalized spacial score (nSPS) is 43.8. The van der Waals surface area contributed by atoms with Gasteiger partial charge in [-0.3, -0.25) is 15.0 Å². The van der Waals surface area contributed by atoms with Gasteiger partial charge in [0.25, 0.3) is 5.56 Å². The van der Waals surface area contributed by atoms with Crippen LogP contribution in [0.1, 0.15) is 110 Å². The topological polar surface area (TPSA) is 129 Å². The third-order valence-electron chi connectivity index (χ3n) is 13.5. The Bertz CT molecular complexity index is 1430. The summed E-state index contributed by atoms with van der Waals surface area (Å²) in [5.74, 6) is 2.06. The van der Waals surface area contributed by atoms with Crippen LogP contribution in [-0.4, -0.2) is 25.9 Å². The van der Waals surface area contributed by atoms with Crippen molar-refractivity contribution in [1.29, 1.82) is 0 Å². The average molecular weight is 533 g/mol. The van der Waals surface area contributed by atoms with Crippen LogP contribution in [0.3, 0.4) is 0 Å². The van der Waals surface area contributed by atoms with E-state index in [0.29, 0.717) is 23.6 Å². The number of hydrogen-bond donors (Lipinski definition) is 5. The lowest BCUT2D eigenvalue weighted by molar-refractivity contribution is -0.132. The van der Waals surface area contributed by atoms with Gasteiger partial charge in [-0.2, -0.15) is 5.10 Å². The van der Waals surface area contributed by atoms with Gasteiger partial charge in [-0.1, -0.05) is 47.6 Å². The number of nitrogens with one attached hydrogen (secondary N) is 3. The lowest BCUT2D eigenvalue weighted by Crippen LogP contribution is -2.71. The van der Waals surface area contributed by atoms with Crippen LogP contribution in [0.15, 0.2) is 22.5 Å². The minimum absolute atomic E-state index is 0.00466. The summed E-state index contributed by atoms with van der Waals surface area (Å²) in [6.07, 6.45) is 12.3. The molecule has 3 saturated carbocycles. The van der Waals surface area contributed by atoms with E-state index in [0.717, 1.165) is 50.6 Å². The van der Waals surface area contributed by atoms with E-state index >= 15 is 0 Å². The lowest BCUT2D eigenvalue weighted by atomic mass is 9.35. The van der Waals surface area contributed by atoms with E-state index in [1.165, 1.54) is 29.7 Å². The van der Waals surface area contributed by atoms with Crippen molar-refractivity contribution in [2.45, 2.75) is 116 Å². The first kappa shape index (κ1) is 25.7. The maximum atomic E-state index is 12.3. The minimum atomic E-state index is -0.339. The number of nitrogen functional groups attached to an aromatic ring is 1. The van der Waals surface area contributed by atoms with Crippen LogP contribution >= 0.6 is 0 Å². The van der Waals surface area contributed by atoms with Gasteiger partial charge in [0.1, 0.15) is 5.82 Å². The van der Waals surface area contributed by atoms with Crippen LogP contribution in [0.4, 0.5) is 5.82 Å². The van der Waals surface area contributed by atoms with Crippen LogP contribution in [0.2, 0.25) is 0 Å². The lowest BCUT2D eigenvalue weighted by Gasteiger charge is -2.70. The maximum absolute atomic E-state index is 12.3. The molecule has 0 aliphatic heterocycles. The van der Waals surface area contributed by atoms with E-state index < -0.39 is 0 Å². The second-order valence-corrected chi connectivity index (χ2v) is 16.0. The molecule has 5 aliphatic rings. The summed E-state index contributed by atoms with van der Waals surface area (Å²) in [4.78, 5) is 12.3. The summed E-state index contributed by atoms with van der Waals surface area (Å²) in [7, 11) is 0. The second kappa shape index (κ2) is 7.51. The Kier molecular flexibility index (Phi) is 4.94. The Balaban J connectivity index is 1.36. The molecule has 0 bridgehead atoms. The van der Waals surface area contributed by atoms with Crippen molar-refractivity contribution >= 4 is 5.82 Å². The molecule has 2 aromatic heterocycles. The molecule has 7 atom stereocenters. The molecule has 212 valence electrons. The molecule has 39 heavy (non-hydrogen) atoms. The Hall–Kier alpha value is -2.28. The predicted octanol–water partition coefficient (Wildman–Crippen LogP) is 5.47. The van der Waals surface area contributed by atoms with Crippen molar-refractivity contribution < 1.29 is 0 Å². The molecule has 0 aromatic carbocycles. The smallest absolute Gasteiger partial charge is 0.264 e. The van der Waals surface area contributed by atoms with Gasteiger partial charge in [-0.15, -0.1) is 0 Å². The van der Waals surface area contributed by atoms with Gasteiger partial charge in [0.05, 0.1) is 0 Å². The quantitative estimate of drug-likeness (QED) is 0.312. The summed E-state index contributed by atoms with van der Waals surface area (Å²) in [5, 5.41) is 13.9. The molecule has 2 aromatic rings. The summed E-state index contributed by atoms with van der Waals surface area (Å²) < 4.78 is 0. The van der Waals surface area contributed by atoms with Crippen LogP contribution < -0.4 is 17.0 Å². The van der Waals surface area contributed by atoms with Crippen molar-refractivity contribution in [3.8, 4) is 0 Å². The average Bonchev–Trinajstić information content (AvgIpc) is 3.45. The molecule has 3 fully saturated rings. The third-order valence-corrected chi connectivity index (χ3v) is 13.5. The van der Waals surface area contributed by atoms with Crippen molar-refractivity contribution in [3.63, 3.8) is 0 Å². The Morgan fingerprint density at radius 1 is 0.974 bits per heavy atom. The van der Waals surface area contributed by atoms with Gasteiger partial charge >= 0.3 is 0 Å². The van der Waals surface area contributed by atoms with Crippen molar-refractivity contribution in [1.82, 2.24) is 20.4 Å². The highest BCUT2D eigenvalue weighted by Crippen LogP contribution is 2.72. The fraction of sp³-hybridized carbons (Fsp3) is 0.750. The van der Waals surface area contributed by atoms with E-state index in [2.05, 4.69) is 68.0 Å². The zero-order valence-corrected chi connectivity index (χ0v) is 24.8. The number of H-pyrrole nitrogens is 3. The largest absolute Gasteiger partial charge is 0.382 e. The van der Waals surface area contributed by atoms with E-state index in [4.69, 9.17) is 11.5 Å². The summed E-state index contributed by atoms with van der Waals surface area (Å²) in [5.41, 5.74) is 19.3. The molecule has 0 saturated heterocycles. The second-order valence-electron chi connectivity index (χ2n) is 16.0. The maximum Gasteiger partial charge on any atom is 0.264 e. The molecule has 3 unspecified atom stereocenters. The van der Waals surface area contributed by atoms with Gasteiger partial charge in [-0.05, 0) is 97.4 Å². The van der Waals surface area contributed by atoms with Gasteiger partial charge in [-0.25, -0.2) is 0 Å². The number of rotatable bonds is 1. The molecule has 0 amide bonds. The van der Waals surface area contributed by atoms with Crippen LogP contribution in [0, 0.1) is 34.0 Å². The molecule has 7 N–H and O–H groups in total. The van der Waals surface area contributed by atoms with Crippen molar-refractivity contribution in [2.24, 2.45) is 39.7 Å². The zero-order valence-electron chi connectivity index (χ0n) is 24.8. The fourth-order valence-corrected chi connectivity index (χ4v) is 11.5. The monoisotopic (exact) mass is 532 g/mol. The summed E-state index contributed by atoms with van der Waals surface area (Å²) >= 11 is 0. The predicted molar refractivity (Wildman–Crippen MR) is 155 cm³/mol.